The maximum Gasteiger partial charge on any atom is 0.277 e. The van der Waals surface area contributed by atoms with Crippen LogP contribution in [-0.4, -0.2) is 23.0 Å². The summed E-state index contributed by atoms with van der Waals surface area (Å²) in [5.41, 5.74) is 9.80. The van der Waals surface area contributed by atoms with E-state index in [1.807, 2.05) is 24.3 Å². The van der Waals surface area contributed by atoms with Gasteiger partial charge in [0.25, 0.3) is 5.91 Å². The molecule has 0 aliphatic carbocycles. The number of thiophene rings is 1. The van der Waals surface area contributed by atoms with E-state index < -0.39 is 0 Å². The molecule has 5 heteroatoms. The van der Waals surface area contributed by atoms with E-state index in [2.05, 4.69) is 24.3 Å². The van der Waals surface area contributed by atoms with Gasteiger partial charge in [0.1, 0.15) is 4.88 Å². The summed E-state index contributed by atoms with van der Waals surface area (Å²) in [5.74, 6) is -0.0886. The van der Waals surface area contributed by atoms with E-state index >= 15 is 0 Å². The first-order chi connectivity index (χ1) is 10.1. The van der Waals surface area contributed by atoms with Crippen molar-refractivity contribution in [3.8, 4) is 0 Å². The Kier molecular flexibility index (Phi) is 3.87. The van der Waals surface area contributed by atoms with Crippen LogP contribution in [0.5, 0.6) is 0 Å². The van der Waals surface area contributed by atoms with Gasteiger partial charge in [0.2, 0.25) is 0 Å². The van der Waals surface area contributed by atoms with Gasteiger partial charge < -0.3 is 5.73 Å². The molecule has 4 nitrogen and oxygen atoms in total. The topological polar surface area (TPSA) is 58.4 Å². The predicted octanol–water partition coefficient (Wildman–Crippen LogP) is 3.39. The van der Waals surface area contributed by atoms with Gasteiger partial charge in [-0.1, -0.05) is 24.6 Å². The van der Waals surface area contributed by atoms with Crippen molar-refractivity contribution in [2.75, 3.05) is 5.73 Å². The summed E-state index contributed by atoms with van der Waals surface area (Å²) in [6.07, 6.45) is 3.46. The average Bonchev–Trinajstić information content (AvgIpc) is 2.81. The van der Waals surface area contributed by atoms with E-state index in [0.717, 1.165) is 22.9 Å². The second-order valence-electron chi connectivity index (χ2n) is 5.82. The number of nitrogens with one attached hydrogen (secondary N) is 1. The molecule has 0 spiro atoms. The van der Waals surface area contributed by atoms with Crippen molar-refractivity contribution in [3.63, 3.8) is 0 Å². The van der Waals surface area contributed by atoms with Crippen molar-refractivity contribution in [1.82, 2.24) is 10.4 Å². The molecule has 2 heterocycles. The van der Waals surface area contributed by atoms with E-state index in [1.165, 1.54) is 17.8 Å². The first kappa shape index (κ1) is 14.4. The zero-order valence-electron chi connectivity index (χ0n) is 12.4. The number of piperidine rings is 1. The van der Waals surface area contributed by atoms with Crippen LogP contribution < -0.4 is 11.2 Å². The first-order valence-corrected chi connectivity index (χ1v) is 8.26. The monoisotopic (exact) mass is 303 g/mol. The van der Waals surface area contributed by atoms with E-state index in [9.17, 15) is 4.79 Å². The Hall–Kier alpha value is -1.59. The van der Waals surface area contributed by atoms with E-state index in [1.54, 1.807) is 0 Å². The van der Waals surface area contributed by atoms with Gasteiger partial charge in [-0.2, -0.15) is 0 Å². The highest BCUT2D eigenvalue weighted by Gasteiger charge is 2.27. The van der Waals surface area contributed by atoms with Gasteiger partial charge in [-0.25, -0.2) is 5.01 Å². The number of nitrogens with zero attached hydrogens (tertiary/aromatic N) is 1. The highest BCUT2D eigenvalue weighted by Crippen LogP contribution is 2.33. The SMILES string of the molecule is CC1CCCC(C)N1NC(=O)c1sc2ccccc2c1N. The summed E-state index contributed by atoms with van der Waals surface area (Å²) >= 11 is 1.46. The molecule has 112 valence electrons. The molecule has 2 aromatic rings. The lowest BCUT2D eigenvalue weighted by molar-refractivity contribution is 0.0373. The number of carbonyl (C=O) groups is 1. The number of amides is 1. The summed E-state index contributed by atoms with van der Waals surface area (Å²) in [7, 11) is 0. The molecule has 2 unspecified atom stereocenters. The lowest BCUT2D eigenvalue weighted by Gasteiger charge is -2.38. The molecular weight excluding hydrogens is 282 g/mol. The Labute approximate surface area is 128 Å². The largest absolute Gasteiger partial charge is 0.397 e. The van der Waals surface area contributed by atoms with Gasteiger partial charge in [-0.15, -0.1) is 11.3 Å². The minimum Gasteiger partial charge on any atom is -0.397 e. The van der Waals surface area contributed by atoms with Crippen LogP contribution in [-0.2, 0) is 0 Å². The fraction of sp³-hybridized carbons (Fsp3) is 0.438. The van der Waals surface area contributed by atoms with Gasteiger partial charge in [0.05, 0.1) is 5.69 Å². The lowest BCUT2D eigenvalue weighted by Crippen LogP contribution is -2.54. The first-order valence-electron chi connectivity index (χ1n) is 7.44. The fourth-order valence-corrected chi connectivity index (χ4v) is 4.06. The Bertz CT molecular complexity index is 657. The van der Waals surface area contributed by atoms with Crippen LogP contribution in [0.1, 0.15) is 42.8 Å². The maximum absolute atomic E-state index is 12.6. The number of fused-ring (bicyclic) bond motifs is 1. The zero-order valence-corrected chi connectivity index (χ0v) is 13.2. The minimum atomic E-state index is -0.0886. The van der Waals surface area contributed by atoms with Crippen molar-refractivity contribution in [2.24, 2.45) is 0 Å². The van der Waals surface area contributed by atoms with Crippen LogP contribution in [0.4, 0.5) is 5.69 Å². The third kappa shape index (κ3) is 2.63. The number of rotatable bonds is 2. The molecule has 2 atom stereocenters. The minimum absolute atomic E-state index is 0.0886. The van der Waals surface area contributed by atoms with E-state index in [4.69, 9.17) is 5.73 Å². The second-order valence-corrected chi connectivity index (χ2v) is 6.87. The lowest BCUT2D eigenvalue weighted by atomic mass is 10.00. The van der Waals surface area contributed by atoms with Gasteiger partial charge in [0, 0.05) is 22.2 Å². The molecule has 1 aliphatic rings. The number of hydrogen-bond donors (Lipinski definition) is 2. The Morgan fingerprint density at radius 3 is 2.62 bits per heavy atom. The molecule has 1 aromatic carbocycles. The molecule has 0 radical (unpaired) electrons. The van der Waals surface area contributed by atoms with E-state index in [0.29, 0.717) is 22.6 Å². The number of hydrogen-bond acceptors (Lipinski definition) is 4. The van der Waals surface area contributed by atoms with Gasteiger partial charge >= 0.3 is 0 Å². The fourth-order valence-electron chi connectivity index (χ4n) is 3.04. The Balaban J connectivity index is 1.85. The number of hydrazine groups is 1. The predicted molar refractivity (Wildman–Crippen MR) is 88.3 cm³/mol. The zero-order chi connectivity index (χ0) is 15.0. The van der Waals surface area contributed by atoms with Crippen LogP contribution in [0.3, 0.4) is 0 Å². The quantitative estimate of drug-likeness (QED) is 0.894. The van der Waals surface area contributed by atoms with Crippen LogP contribution >= 0.6 is 11.3 Å². The molecule has 1 amide bonds. The number of nitrogen functional groups attached to an aromatic ring is 1. The molecule has 21 heavy (non-hydrogen) atoms. The van der Waals surface area contributed by atoms with Crippen LogP contribution in [0.15, 0.2) is 24.3 Å². The third-order valence-electron chi connectivity index (χ3n) is 4.26. The van der Waals surface area contributed by atoms with E-state index in [-0.39, 0.29) is 5.91 Å². The van der Waals surface area contributed by atoms with Crippen LogP contribution in [0.25, 0.3) is 10.1 Å². The highest BCUT2D eigenvalue weighted by atomic mass is 32.1. The van der Waals surface area contributed by atoms with Crippen molar-refractivity contribution in [1.29, 1.82) is 0 Å². The number of anilines is 1. The van der Waals surface area contributed by atoms with Crippen LogP contribution in [0, 0.1) is 0 Å². The van der Waals surface area contributed by atoms with Gasteiger partial charge in [-0.05, 0) is 32.8 Å². The molecule has 0 saturated carbocycles. The number of nitrogens with two attached hydrogens (primary N) is 1. The molecule has 1 aliphatic heterocycles. The van der Waals surface area contributed by atoms with Gasteiger partial charge in [-0.3, -0.25) is 10.2 Å². The van der Waals surface area contributed by atoms with Crippen LogP contribution in [0.2, 0.25) is 0 Å². The van der Waals surface area contributed by atoms with Crippen molar-refractivity contribution in [3.05, 3.63) is 29.1 Å². The third-order valence-corrected chi connectivity index (χ3v) is 5.45. The summed E-state index contributed by atoms with van der Waals surface area (Å²) in [4.78, 5) is 13.2. The highest BCUT2D eigenvalue weighted by molar-refractivity contribution is 7.21. The van der Waals surface area contributed by atoms with Crippen molar-refractivity contribution >= 4 is 33.0 Å². The summed E-state index contributed by atoms with van der Waals surface area (Å²) < 4.78 is 1.06. The standard InChI is InChI=1S/C16H21N3OS/c1-10-6-5-7-11(2)19(10)18-16(20)15-14(17)12-8-3-4-9-13(12)21-15/h3-4,8-11H,5-7,17H2,1-2H3,(H,18,20). The molecule has 1 saturated heterocycles. The van der Waals surface area contributed by atoms with Crippen molar-refractivity contribution in [2.45, 2.75) is 45.2 Å². The molecule has 3 N–H and O–H groups in total. The summed E-state index contributed by atoms with van der Waals surface area (Å²) in [6.45, 7) is 4.31. The summed E-state index contributed by atoms with van der Waals surface area (Å²) in [6, 6.07) is 8.61. The smallest absolute Gasteiger partial charge is 0.277 e. The maximum atomic E-state index is 12.6. The molecule has 1 aromatic heterocycles. The number of carbonyl (C=O) groups excluding carboxylic acids is 1. The summed E-state index contributed by atoms with van der Waals surface area (Å²) in [5, 5.41) is 3.04. The molecular formula is C16H21N3OS. The average molecular weight is 303 g/mol. The molecule has 0 bridgehead atoms. The Morgan fingerprint density at radius 2 is 1.95 bits per heavy atom. The Morgan fingerprint density at radius 1 is 1.29 bits per heavy atom. The second kappa shape index (κ2) is 5.66. The molecule has 3 rings (SSSR count). The molecule has 1 fully saturated rings. The number of benzene rings is 1. The normalized spacial score (nSPS) is 23.3. The van der Waals surface area contributed by atoms with Gasteiger partial charge in [0.15, 0.2) is 0 Å². The van der Waals surface area contributed by atoms with Crippen molar-refractivity contribution < 1.29 is 4.79 Å².